The van der Waals surface area contributed by atoms with Crippen molar-refractivity contribution in [2.24, 2.45) is 23.7 Å². The summed E-state index contributed by atoms with van der Waals surface area (Å²) in [5.74, 6) is -6.27. The minimum atomic E-state index is -0.809. The Labute approximate surface area is 366 Å². The van der Waals surface area contributed by atoms with Gasteiger partial charge in [-0.1, -0.05) is 48.5 Å². The topological polar surface area (TPSA) is 105 Å². The number of nitrogens with zero attached hydrogens (tertiary/aromatic N) is 4. The molecular weight excluding hydrogens is 787 g/mol. The Morgan fingerprint density at radius 2 is 0.935 bits per heavy atom. The predicted molar refractivity (Wildman–Crippen MR) is 240 cm³/mol. The monoisotopic (exact) mass is 850 g/mol. The van der Waals surface area contributed by atoms with Crippen LogP contribution in [0.15, 0.2) is 84.9 Å². The summed E-state index contributed by atoms with van der Waals surface area (Å²) in [6.45, 7) is 7.67. The highest BCUT2D eigenvalue weighted by molar-refractivity contribution is 6.01. The van der Waals surface area contributed by atoms with Crippen molar-refractivity contribution in [3.05, 3.63) is 130 Å². The summed E-state index contributed by atoms with van der Waals surface area (Å²) in [6, 6.07) is 22.2. The van der Waals surface area contributed by atoms with Crippen LogP contribution in [0.4, 0.5) is 8.78 Å². The van der Waals surface area contributed by atoms with E-state index < -0.39 is 47.1 Å². The second-order valence-corrected chi connectivity index (χ2v) is 18.2. The van der Waals surface area contributed by atoms with Crippen molar-refractivity contribution >= 4 is 17.3 Å². The molecule has 332 valence electrons. The number of phenols is 2. The fourth-order valence-corrected chi connectivity index (χ4v) is 10.1. The summed E-state index contributed by atoms with van der Waals surface area (Å²) in [4.78, 5) is 54.7. The van der Waals surface area contributed by atoms with Crippen LogP contribution in [0.3, 0.4) is 0 Å². The lowest BCUT2D eigenvalue weighted by Gasteiger charge is -2.48. The van der Waals surface area contributed by atoms with Gasteiger partial charge in [-0.15, -0.1) is 0 Å². The molecule has 5 unspecified atom stereocenters. The SMILES string of the molecule is Cc1c(F)cccc1C1C(C(=O)c2cccc(O)c2)CN(CCCCN(C)C)CC1C(=O)C1CN(CCCCN(C)C)C[C@H](C(=O)c2cccc(O)c2)C1c1cccc(F)c1C. The van der Waals surface area contributed by atoms with Gasteiger partial charge in [-0.25, -0.2) is 8.78 Å². The number of phenolic OH excluding ortho intramolecular Hbond substituents is 2. The fourth-order valence-electron chi connectivity index (χ4n) is 10.1. The minimum Gasteiger partial charge on any atom is -0.508 e. The third kappa shape index (κ3) is 11.0. The fraction of sp³-hybridized carbons (Fsp3) is 0.471. The third-order valence-corrected chi connectivity index (χ3v) is 13.2. The molecule has 9 nitrogen and oxygen atoms in total. The van der Waals surface area contributed by atoms with Crippen LogP contribution >= 0.6 is 0 Å². The molecule has 4 aromatic rings. The molecule has 0 aliphatic carbocycles. The van der Waals surface area contributed by atoms with Crippen molar-refractivity contribution in [1.82, 2.24) is 19.6 Å². The van der Waals surface area contributed by atoms with Gasteiger partial charge >= 0.3 is 0 Å². The zero-order chi connectivity index (χ0) is 44.7. The van der Waals surface area contributed by atoms with E-state index in [4.69, 9.17) is 0 Å². The van der Waals surface area contributed by atoms with Crippen LogP contribution in [-0.2, 0) is 4.79 Å². The molecule has 2 saturated heterocycles. The van der Waals surface area contributed by atoms with Gasteiger partial charge in [-0.2, -0.15) is 0 Å². The van der Waals surface area contributed by atoms with Gasteiger partial charge in [-0.3, -0.25) is 14.4 Å². The Balaban J connectivity index is 1.52. The highest BCUT2D eigenvalue weighted by Crippen LogP contribution is 2.48. The summed E-state index contributed by atoms with van der Waals surface area (Å²) >= 11 is 0. The maximum Gasteiger partial charge on any atom is 0.167 e. The van der Waals surface area contributed by atoms with E-state index in [-0.39, 0.29) is 28.8 Å². The van der Waals surface area contributed by atoms with Gasteiger partial charge in [0.2, 0.25) is 0 Å². The quantitative estimate of drug-likeness (QED) is 0.0763. The molecule has 0 radical (unpaired) electrons. The van der Waals surface area contributed by atoms with Crippen LogP contribution in [0.1, 0.15) is 80.5 Å². The van der Waals surface area contributed by atoms with E-state index in [0.717, 1.165) is 38.8 Å². The number of benzene rings is 4. The summed E-state index contributed by atoms with van der Waals surface area (Å²) in [5, 5.41) is 21.0. The van der Waals surface area contributed by atoms with Crippen molar-refractivity contribution in [2.45, 2.75) is 51.4 Å². The Morgan fingerprint density at radius 1 is 0.565 bits per heavy atom. The molecule has 0 saturated carbocycles. The summed E-state index contributed by atoms with van der Waals surface area (Å²) in [7, 11) is 8.10. The molecular formula is C51H64F2N4O5. The zero-order valence-corrected chi connectivity index (χ0v) is 37.2. The predicted octanol–water partition coefficient (Wildman–Crippen LogP) is 7.97. The summed E-state index contributed by atoms with van der Waals surface area (Å²) in [6.07, 6.45) is 3.47. The lowest BCUT2D eigenvalue weighted by molar-refractivity contribution is -0.133. The molecule has 2 aliphatic rings. The van der Waals surface area contributed by atoms with E-state index in [9.17, 15) is 19.8 Å². The molecule has 0 bridgehead atoms. The number of likely N-dealkylation sites (tertiary alicyclic amines) is 2. The zero-order valence-electron chi connectivity index (χ0n) is 37.2. The van der Waals surface area contributed by atoms with Crippen LogP contribution in [0, 0.1) is 49.2 Å². The number of rotatable bonds is 18. The second-order valence-electron chi connectivity index (χ2n) is 18.2. The molecule has 62 heavy (non-hydrogen) atoms. The maximum atomic E-state index is 16.2. The Kier molecular flexibility index (Phi) is 15.8. The molecule has 2 heterocycles. The van der Waals surface area contributed by atoms with Gasteiger partial charge in [0.1, 0.15) is 28.9 Å². The smallest absolute Gasteiger partial charge is 0.167 e. The molecule has 0 amide bonds. The van der Waals surface area contributed by atoms with E-state index >= 15 is 13.6 Å². The molecule has 4 aromatic carbocycles. The number of unbranched alkanes of at least 4 members (excludes halogenated alkanes) is 2. The Bertz CT molecular complexity index is 2040. The first-order chi connectivity index (χ1) is 29.6. The van der Waals surface area contributed by atoms with Gasteiger partial charge in [-0.05, 0) is 153 Å². The van der Waals surface area contributed by atoms with Gasteiger partial charge in [0, 0.05) is 72.8 Å². The first-order valence-corrected chi connectivity index (χ1v) is 22.1. The van der Waals surface area contributed by atoms with Crippen LogP contribution < -0.4 is 0 Å². The van der Waals surface area contributed by atoms with Crippen molar-refractivity contribution in [2.75, 3.05) is 80.5 Å². The van der Waals surface area contributed by atoms with E-state index in [1.54, 1.807) is 50.2 Å². The van der Waals surface area contributed by atoms with E-state index in [0.29, 0.717) is 72.6 Å². The highest BCUT2D eigenvalue weighted by atomic mass is 19.1. The van der Waals surface area contributed by atoms with Crippen LogP contribution in [0.5, 0.6) is 11.5 Å². The van der Waals surface area contributed by atoms with Gasteiger partial charge < -0.3 is 29.8 Å². The van der Waals surface area contributed by atoms with Crippen LogP contribution in [0.2, 0.25) is 0 Å². The molecule has 2 aliphatic heterocycles. The molecule has 0 aromatic heterocycles. The van der Waals surface area contributed by atoms with Crippen molar-refractivity contribution in [1.29, 1.82) is 0 Å². The number of carbonyl (C=O) groups excluding carboxylic acids is 3. The van der Waals surface area contributed by atoms with Crippen molar-refractivity contribution in [3.8, 4) is 11.5 Å². The number of Topliss-reactive ketones (excluding diaryl/α,β-unsaturated/α-hetero) is 3. The first-order valence-electron chi connectivity index (χ1n) is 22.1. The van der Waals surface area contributed by atoms with Crippen LogP contribution in [-0.4, -0.2) is 128 Å². The van der Waals surface area contributed by atoms with Crippen LogP contribution in [0.25, 0.3) is 0 Å². The van der Waals surface area contributed by atoms with Crippen molar-refractivity contribution < 1.29 is 33.4 Å². The number of carbonyl (C=O) groups is 3. The van der Waals surface area contributed by atoms with Gasteiger partial charge in [0.05, 0.1) is 0 Å². The van der Waals surface area contributed by atoms with Gasteiger partial charge in [0.25, 0.3) is 0 Å². The molecule has 6 rings (SSSR count). The lowest BCUT2D eigenvalue weighted by Crippen LogP contribution is -2.56. The molecule has 2 fully saturated rings. The van der Waals surface area contributed by atoms with Gasteiger partial charge in [0.15, 0.2) is 11.6 Å². The number of hydrogen-bond donors (Lipinski definition) is 2. The number of hydrogen-bond acceptors (Lipinski definition) is 9. The summed E-state index contributed by atoms with van der Waals surface area (Å²) < 4.78 is 31.4. The largest absolute Gasteiger partial charge is 0.508 e. The average Bonchev–Trinajstić information content (AvgIpc) is 3.24. The van der Waals surface area contributed by atoms with Crippen molar-refractivity contribution in [3.63, 3.8) is 0 Å². The Morgan fingerprint density at radius 3 is 1.31 bits per heavy atom. The Hall–Kier alpha value is -4.81. The molecule has 11 heteroatoms. The standard InChI is InChI=1S/C51H64F2N4O5/c1-33-39(19-13-21-45(33)52)47-41(49(60)35-15-11-17-37(58)27-35)29-56(25-9-7-23-54(3)4)31-43(47)51(62)44-32-57(26-10-8-24-55(5)6)30-42(50(61)36-16-12-18-38(59)28-36)48(44)40-20-14-22-46(53)34(40)2/h11-22,27-28,41-44,47-48,58-59H,7-10,23-26,29-32H2,1-6H3/t41-,42?,43?,44?,47?,48?/m0/s1. The minimum absolute atomic E-state index is 0.0538. The van der Waals surface area contributed by atoms with E-state index in [1.165, 1.54) is 36.4 Å². The van der Waals surface area contributed by atoms with E-state index in [1.807, 2.05) is 40.3 Å². The number of ketones is 3. The lowest BCUT2D eigenvalue weighted by atomic mass is 9.62. The number of piperidine rings is 2. The first kappa shape index (κ1) is 46.7. The molecule has 0 spiro atoms. The molecule has 6 atom stereocenters. The second kappa shape index (κ2) is 21.0. The average molecular weight is 851 g/mol. The highest BCUT2D eigenvalue weighted by Gasteiger charge is 2.51. The summed E-state index contributed by atoms with van der Waals surface area (Å²) in [5.41, 5.74) is 2.50. The number of aromatic hydroxyl groups is 2. The maximum absolute atomic E-state index is 16.2. The normalized spacial score (nSPS) is 22.3. The van der Waals surface area contributed by atoms with E-state index in [2.05, 4.69) is 19.6 Å². The molecule has 2 N–H and O–H groups in total. The number of halogens is 2. The third-order valence-electron chi connectivity index (χ3n) is 13.2.